The fraction of sp³-hybridized carbons (Fsp3) is 0.278. The Balaban J connectivity index is 1.86. The number of hydrogen-bond donors (Lipinski definition) is 1. The van der Waals surface area contributed by atoms with Crippen molar-refractivity contribution in [1.29, 1.82) is 0 Å². The van der Waals surface area contributed by atoms with Crippen LogP contribution in [0, 0.1) is 13.8 Å². The molecule has 0 saturated carbocycles. The number of anilines is 1. The van der Waals surface area contributed by atoms with Crippen LogP contribution in [0.25, 0.3) is 0 Å². The molecule has 0 aliphatic carbocycles. The van der Waals surface area contributed by atoms with Gasteiger partial charge in [0.15, 0.2) is 11.5 Å². The fourth-order valence-electron chi connectivity index (χ4n) is 5.41. The molecule has 1 atom stereocenters. The molecule has 0 saturated heterocycles. The molecule has 0 heterocycles. The normalized spacial score (nSPS) is 11.8. The molecule has 1 N–H and O–H groups in total. The Morgan fingerprint density at radius 1 is 0.854 bits per heavy atom. The lowest BCUT2D eigenvalue weighted by Gasteiger charge is -2.34. The zero-order chi connectivity index (χ0) is 35.0. The Kier molecular flexibility index (Phi) is 12.4. The zero-order valence-electron chi connectivity index (χ0n) is 27.5. The van der Waals surface area contributed by atoms with Gasteiger partial charge in [-0.05, 0) is 79.4 Å². The summed E-state index contributed by atoms with van der Waals surface area (Å²) in [4.78, 5) is 29.6. The van der Waals surface area contributed by atoms with Crippen molar-refractivity contribution in [1.82, 2.24) is 10.2 Å². The molecule has 0 aliphatic heterocycles. The van der Waals surface area contributed by atoms with Crippen LogP contribution in [0.4, 0.5) is 5.69 Å². The number of carbonyl (C=O) groups excluding carboxylic acids is 2. The van der Waals surface area contributed by atoms with Crippen LogP contribution in [-0.2, 0) is 32.6 Å². The predicted octanol–water partition coefficient (Wildman–Crippen LogP) is 6.60. The molecule has 4 rings (SSSR count). The van der Waals surface area contributed by atoms with Gasteiger partial charge in [-0.15, -0.1) is 0 Å². The summed E-state index contributed by atoms with van der Waals surface area (Å²) in [6.45, 7) is 5.11. The molecule has 254 valence electrons. The van der Waals surface area contributed by atoms with Crippen molar-refractivity contribution in [2.75, 3.05) is 31.6 Å². The summed E-state index contributed by atoms with van der Waals surface area (Å²) in [7, 11) is -1.51. The number of halogens is 2. The molecule has 9 nitrogen and oxygen atoms in total. The van der Waals surface area contributed by atoms with E-state index >= 15 is 0 Å². The Hall–Kier alpha value is -4.25. The lowest BCUT2D eigenvalue weighted by molar-refractivity contribution is -0.140. The van der Waals surface area contributed by atoms with Crippen molar-refractivity contribution >= 4 is 50.7 Å². The molecule has 12 heteroatoms. The first-order valence-corrected chi connectivity index (χ1v) is 17.5. The summed E-state index contributed by atoms with van der Waals surface area (Å²) < 4.78 is 40.7. The smallest absolute Gasteiger partial charge is 0.264 e. The van der Waals surface area contributed by atoms with Crippen molar-refractivity contribution in [2.24, 2.45) is 0 Å². The Morgan fingerprint density at radius 3 is 2.12 bits per heavy atom. The number of ether oxygens (including phenoxy) is 2. The van der Waals surface area contributed by atoms with Gasteiger partial charge in [-0.2, -0.15) is 0 Å². The summed E-state index contributed by atoms with van der Waals surface area (Å²) >= 11 is 12.7. The molecule has 4 aromatic carbocycles. The minimum absolute atomic E-state index is 0.0828. The average Bonchev–Trinajstić information content (AvgIpc) is 3.05. The van der Waals surface area contributed by atoms with Crippen molar-refractivity contribution in [2.45, 2.75) is 44.7 Å². The van der Waals surface area contributed by atoms with E-state index in [0.29, 0.717) is 27.9 Å². The maximum atomic E-state index is 14.6. The third-order valence-corrected chi connectivity index (χ3v) is 10.1. The molecule has 4 aromatic rings. The first kappa shape index (κ1) is 36.6. The molecule has 0 radical (unpaired) electrons. The average molecular weight is 713 g/mol. The van der Waals surface area contributed by atoms with E-state index in [4.69, 9.17) is 32.7 Å². The first-order valence-electron chi connectivity index (χ1n) is 15.3. The Morgan fingerprint density at radius 2 is 1.52 bits per heavy atom. The van der Waals surface area contributed by atoms with Crippen LogP contribution in [0.3, 0.4) is 0 Å². The number of hydrogen-bond acceptors (Lipinski definition) is 6. The van der Waals surface area contributed by atoms with E-state index in [-0.39, 0.29) is 35.2 Å². The minimum atomic E-state index is -4.37. The van der Waals surface area contributed by atoms with Crippen LogP contribution in [0.2, 0.25) is 10.0 Å². The van der Waals surface area contributed by atoms with E-state index in [1.165, 1.54) is 37.3 Å². The minimum Gasteiger partial charge on any atom is -0.493 e. The second-order valence-electron chi connectivity index (χ2n) is 11.2. The zero-order valence-corrected chi connectivity index (χ0v) is 29.8. The van der Waals surface area contributed by atoms with Crippen molar-refractivity contribution < 1.29 is 27.5 Å². The van der Waals surface area contributed by atoms with Crippen LogP contribution < -0.4 is 19.1 Å². The highest BCUT2D eigenvalue weighted by Gasteiger charge is 2.35. The maximum Gasteiger partial charge on any atom is 0.264 e. The molecule has 2 amide bonds. The third-order valence-electron chi connectivity index (χ3n) is 7.69. The molecular formula is C36H39Cl2N3O6S. The fourth-order valence-corrected chi connectivity index (χ4v) is 7.29. The molecule has 0 bridgehead atoms. The number of likely N-dealkylation sites (N-methyl/N-ethyl adjacent to an activating group) is 1. The first-order chi connectivity index (χ1) is 22.9. The molecule has 0 fully saturated rings. The van der Waals surface area contributed by atoms with Gasteiger partial charge < -0.3 is 19.7 Å². The van der Waals surface area contributed by atoms with Crippen LogP contribution >= 0.6 is 23.2 Å². The lowest BCUT2D eigenvalue weighted by Crippen LogP contribution is -2.53. The van der Waals surface area contributed by atoms with E-state index < -0.39 is 28.5 Å². The van der Waals surface area contributed by atoms with Crippen molar-refractivity contribution in [3.63, 3.8) is 0 Å². The summed E-state index contributed by atoms with van der Waals surface area (Å²) in [6.07, 6.45) is 0.176. The Labute approximate surface area is 292 Å². The Bertz CT molecular complexity index is 1850. The standard InChI is InChI=1S/C36H39Cl2N3O6S/c1-6-39-36(43)32(19-26-10-8-7-9-11-26)40(22-27-12-13-28(37)20-31(27)38)35(42)23-41(29-17-24(2)16-25(3)18-29)48(44,45)30-14-15-33(46-4)34(21-30)47-5/h7-18,20-21,32H,6,19,22-23H2,1-5H3,(H,39,43). The third kappa shape index (κ3) is 8.80. The number of aryl methyl sites for hydroxylation is 2. The summed E-state index contributed by atoms with van der Waals surface area (Å²) in [5.41, 5.74) is 3.26. The number of methoxy groups -OCH3 is 2. The topological polar surface area (TPSA) is 105 Å². The van der Waals surface area contributed by atoms with E-state index in [0.717, 1.165) is 21.0 Å². The van der Waals surface area contributed by atoms with Crippen LogP contribution in [0.1, 0.15) is 29.2 Å². The number of rotatable bonds is 14. The molecule has 1 unspecified atom stereocenters. The molecule has 0 aliphatic rings. The van der Waals surface area contributed by atoms with Crippen LogP contribution in [0.5, 0.6) is 11.5 Å². The maximum absolute atomic E-state index is 14.6. The molecule has 0 aromatic heterocycles. The summed E-state index contributed by atoms with van der Waals surface area (Å²) in [5.74, 6) is -0.442. The van der Waals surface area contributed by atoms with Gasteiger partial charge in [-0.3, -0.25) is 13.9 Å². The van der Waals surface area contributed by atoms with E-state index in [1.807, 2.05) is 50.2 Å². The molecular weight excluding hydrogens is 673 g/mol. The van der Waals surface area contributed by atoms with Gasteiger partial charge in [0.1, 0.15) is 12.6 Å². The molecule has 48 heavy (non-hydrogen) atoms. The van der Waals surface area contributed by atoms with Crippen LogP contribution in [0.15, 0.2) is 89.8 Å². The van der Waals surface area contributed by atoms with E-state index in [1.54, 1.807) is 37.3 Å². The highest BCUT2D eigenvalue weighted by atomic mass is 35.5. The number of nitrogens with zero attached hydrogens (tertiary/aromatic N) is 2. The lowest BCUT2D eigenvalue weighted by atomic mass is 10.0. The highest BCUT2D eigenvalue weighted by Crippen LogP contribution is 2.33. The van der Waals surface area contributed by atoms with E-state index in [2.05, 4.69) is 5.32 Å². The van der Waals surface area contributed by atoms with Gasteiger partial charge in [0.05, 0.1) is 24.8 Å². The highest BCUT2D eigenvalue weighted by molar-refractivity contribution is 7.92. The van der Waals surface area contributed by atoms with Crippen molar-refractivity contribution in [3.8, 4) is 11.5 Å². The van der Waals surface area contributed by atoms with Gasteiger partial charge in [0.25, 0.3) is 10.0 Å². The number of sulfonamides is 1. The second-order valence-corrected chi connectivity index (χ2v) is 13.9. The quantitative estimate of drug-likeness (QED) is 0.158. The predicted molar refractivity (Wildman–Crippen MR) is 190 cm³/mol. The number of carbonyl (C=O) groups is 2. The van der Waals surface area contributed by atoms with Gasteiger partial charge >= 0.3 is 0 Å². The van der Waals surface area contributed by atoms with Crippen molar-refractivity contribution in [3.05, 3.63) is 117 Å². The summed E-state index contributed by atoms with van der Waals surface area (Å²) in [5, 5.41) is 3.56. The van der Waals surface area contributed by atoms with Gasteiger partial charge in [-0.25, -0.2) is 8.42 Å². The van der Waals surface area contributed by atoms with Gasteiger partial charge in [-0.1, -0.05) is 65.7 Å². The SMILES string of the molecule is CCNC(=O)C(Cc1ccccc1)N(Cc1ccc(Cl)cc1Cl)C(=O)CN(c1cc(C)cc(C)c1)S(=O)(=O)c1ccc(OC)c(OC)c1. The monoisotopic (exact) mass is 711 g/mol. The van der Waals surface area contributed by atoms with E-state index in [9.17, 15) is 18.0 Å². The second kappa shape index (κ2) is 16.2. The summed E-state index contributed by atoms with van der Waals surface area (Å²) in [6, 6.07) is 22.7. The number of benzene rings is 4. The van der Waals surface area contributed by atoms with Gasteiger partial charge in [0, 0.05) is 35.6 Å². The van der Waals surface area contributed by atoms with Crippen LogP contribution in [-0.4, -0.2) is 58.5 Å². The van der Waals surface area contributed by atoms with Gasteiger partial charge in [0.2, 0.25) is 11.8 Å². The number of amides is 2. The number of nitrogens with one attached hydrogen (secondary N) is 1. The molecule has 0 spiro atoms. The largest absolute Gasteiger partial charge is 0.493 e.